The summed E-state index contributed by atoms with van der Waals surface area (Å²) >= 11 is 0. The van der Waals surface area contributed by atoms with Crippen LogP contribution >= 0.6 is 0 Å². The highest BCUT2D eigenvalue weighted by atomic mass is 16.3. The molecule has 0 saturated heterocycles. The van der Waals surface area contributed by atoms with Gasteiger partial charge in [-0.3, -0.25) is 4.79 Å². The SMILES string of the molecule is CNC(=O)CCC(O)c1ccc2c(c1)CCC2. The van der Waals surface area contributed by atoms with E-state index in [2.05, 4.69) is 17.4 Å². The molecule has 17 heavy (non-hydrogen) atoms. The zero-order chi connectivity index (χ0) is 12.3. The van der Waals surface area contributed by atoms with Gasteiger partial charge in [-0.1, -0.05) is 18.2 Å². The van der Waals surface area contributed by atoms with E-state index in [9.17, 15) is 9.90 Å². The Labute approximate surface area is 102 Å². The Morgan fingerprint density at radius 1 is 1.41 bits per heavy atom. The van der Waals surface area contributed by atoms with Crippen LogP contribution in [0.3, 0.4) is 0 Å². The summed E-state index contributed by atoms with van der Waals surface area (Å²) in [6.07, 6.45) is 3.81. The van der Waals surface area contributed by atoms with Gasteiger partial charge in [0, 0.05) is 13.5 Å². The fraction of sp³-hybridized carbons (Fsp3) is 0.500. The molecule has 3 heteroatoms. The van der Waals surface area contributed by atoms with Crippen LogP contribution in [0.25, 0.3) is 0 Å². The molecule has 0 bridgehead atoms. The number of nitrogens with one attached hydrogen (secondary N) is 1. The third-order valence-corrected chi connectivity index (χ3v) is 3.43. The van der Waals surface area contributed by atoms with Crippen LogP contribution < -0.4 is 5.32 Å². The Morgan fingerprint density at radius 3 is 2.94 bits per heavy atom. The molecule has 0 aromatic heterocycles. The monoisotopic (exact) mass is 233 g/mol. The molecule has 1 aliphatic rings. The number of hydrogen-bond acceptors (Lipinski definition) is 2. The van der Waals surface area contributed by atoms with Gasteiger partial charge in [-0.2, -0.15) is 0 Å². The standard InChI is InChI=1S/C14H19NO2/c1-15-14(17)8-7-13(16)12-6-5-10-3-2-4-11(10)9-12/h5-6,9,13,16H,2-4,7-8H2,1H3,(H,15,17). The fourth-order valence-electron chi connectivity index (χ4n) is 2.36. The van der Waals surface area contributed by atoms with Crippen LogP contribution in [0, 0.1) is 0 Å². The molecular weight excluding hydrogens is 214 g/mol. The van der Waals surface area contributed by atoms with Crippen LogP contribution in [-0.4, -0.2) is 18.1 Å². The number of benzene rings is 1. The fourth-order valence-corrected chi connectivity index (χ4v) is 2.36. The lowest BCUT2D eigenvalue weighted by molar-refractivity contribution is -0.121. The van der Waals surface area contributed by atoms with E-state index in [1.54, 1.807) is 7.05 Å². The molecule has 0 radical (unpaired) electrons. The van der Waals surface area contributed by atoms with Gasteiger partial charge in [-0.05, 0) is 42.4 Å². The lowest BCUT2D eigenvalue weighted by Crippen LogP contribution is -2.18. The summed E-state index contributed by atoms with van der Waals surface area (Å²) in [5.74, 6) is -0.0230. The van der Waals surface area contributed by atoms with Crippen LogP contribution in [0.1, 0.15) is 42.1 Å². The van der Waals surface area contributed by atoms with E-state index in [1.165, 1.54) is 17.5 Å². The van der Waals surface area contributed by atoms with Crippen LogP contribution in [0.4, 0.5) is 0 Å². The molecular formula is C14H19NO2. The van der Waals surface area contributed by atoms with Gasteiger partial charge in [-0.15, -0.1) is 0 Å². The van der Waals surface area contributed by atoms with Crippen molar-refractivity contribution in [3.05, 3.63) is 34.9 Å². The first kappa shape index (κ1) is 12.1. The number of hydrogen-bond donors (Lipinski definition) is 2. The van der Waals surface area contributed by atoms with E-state index in [-0.39, 0.29) is 5.91 Å². The highest BCUT2D eigenvalue weighted by Gasteiger charge is 2.15. The second-order valence-corrected chi connectivity index (χ2v) is 4.61. The summed E-state index contributed by atoms with van der Waals surface area (Å²) in [6.45, 7) is 0. The molecule has 0 fully saturated rings. The maximum absolute atomic E-state index is 11.1. The number of aryl methyl sites for hydroxylation is 2. The van der Waals surface area contributed by atoms with Crippen molar-refractivity contribution in [3.63, 3.8) is 0 Å². The van der Waals surface area contributed by atoms with Crippen molar-refractivity contribution in [2.75, 3.05) is 7.05 Å². The predicted molar refractivity (Wildman–Crippen MR) is 66.7 cm³/mol. The molecule has 1 unspecified atom stereocenters. The number of carbonyl (C=O) groups is 1. The van der Waals surface area contributed by atoms with Gasteiger partial charge in [0.05, 0.1) is 6.10 Å². The second kappa shape index (κ2) is 5.32. The Kier molecular flexibility index (Phi) is 3.79. The smallest absolute Gasteiger partial charge is 0.219 e. The van der Waals surface area contributed by atoms with Gasteiger partial charge in [0.25, 0.3) is 0 Å². The van der Waals surface area contributed by atoms with Gasteiger partial charge in [0.1, 0.15) is 0 Å². The van der Waals surface area contributed by atoms with E-state index >= 15 is 0 Å². The van der Waals surface area contributed by atoms with Crippen molar-refractivity contribution in [1.29, 1.82) is 0 Å². The minimum absolute atomic E-state index is 0.0230. The van der Waals surface area contributed by atoms with Crippen LogP contribution in [0.15, 0.2) is 18.2 Å². The van der Waals surface area contributed by atoms with Gasteiger partial charge >= 0.3 is 0 Å². The van der Waals surface area contributed by atoms with E-state index in [1.807, 2.05) is 6.07 Å². The summed E-state index contributed by atoms with van der Waals surface area (Å²) in [4.78, 5) is 11.1. The van der Waals surface area contributed by atoms with Crippen molar-refractivity contribution in [1.82, 2.24) is 5.32 Å². The molecule has 1 atom stereocenters. The highest BCUT2D eigenvalue weighted by Crippen LogP contribution is 2.26. The van der Waals surface area contributed by atoms with Gasteiger partial charge in [0.2, 0.25) is 5.91 Å². The molecule has 2 rings (SSSR count). The Bertz CT molecular complexity index is 415. The molecule has 1 aliphatic carbocycles. The summed E-state index contributed by atoms with van der Waals surface area (Å²) in [5.41, 5.74) is 3.71. The molecule has 1 aromatic carbocycles. The Hall–Kier alpha value is -1.35. The number of carbonyl (C=O) groups excluding carboxylic acids is 1. The van der Waals surface area contributed by atoms with Gasteiger partial charge in [0.15, 0.2) is 0 Å². The van der Waals surface area contributed by atoms with E-state index in [0.717, 1.165) is 18.4 Å². The number of aliphatic hydroxyl groups excluding tert-OH is 1. The highest BCUT2D eigenvalue weighted by molar-refractivity contribution is 5.75. The summed E-state index contributed by atoms with van der Waals surface area (Å²) in [7, 11) is 1.62. The van der Waals surface area contributed by atoms with E-state index in [4.69, 9.17) is 0 Å². The molecule has 1 amide bonds. The third kappa shape index (κ3) is 2.86. The lowest BCUT2D eigenvalue weighted by Gasteiger charge is -2.12. The average Bonchev–Trinajstić information content (AvgIpc) is 2.82. The zero-order valence-corrected chi connectivity index (χ0v) is 10.2. The van der Waals surface area contributed by atoms with Crippen molar-refractivity contribution >= 4 is 5.91 Å². The first-order valence-electron chi connectivity index (χ1n) is 6.21. The molecule has 0 heterocycles. The lowest BCUT2D eigenvalue weighted by atomic mass is 10.00. The van der Waals surface area contributed by atoms with Crippen LogP contribution in [0.2, 0.25) is 0 Å². The molecule has 0 saturated carbocycles. The maximum atomic E-state index is 11.1. The quantitative estimate of drug-likeness (QED) is 0.832. The minimum Gasteiger partial charge on any atom is -0.388 e. The summed E-state index contributed by atoms with van der Waals surface area (Å²) in [6, 6.07) is 6.19. The summed E-state index contributed by atoms with van der Waals surface area (Å²) < 4.78 is 0. The number of fused-ring (bicyclic) bond motifs is 1. The number of amides is 1. The zero-order valence-electron chi connectivity index (χ0n) is 10.2. The normalized spacial score (nSPS) is 15.4. The van der Waals surface area contributed by atoms with Gasteiger partial charge < -0.3 is 10.4 Å². The van der Waals surface area contributed by atoms with E-state index < -0.39 is 6.10 Å². The molecule has 92 valence electrons. The van der Waals surface area contributed by atoms with Crippen LogP contribution in [0.5, 0.6) is 0 Å². The maximum Gasteiger partial charge on any atom is 0.219 e. The molecule has 0 aliphatic heterocycles. The van der Waals surface area contributed by atoms with Crippen molar-refractivity contribution in [2.24, 2.45) is 0 Å². The first-order valence-corrected chi connectivity index (χ1v) is 6.21. The van der Waals surface area contributed by atoms with Crippen molar-refractivity contribution in [3.8, 4) is 0 Å². The predicted octanol–water partition coefficient (Wildman–Crippen LogP) is 1.73. The molecule has 0 spiro atoms. The largest absolute Gasteiger partial charge is 0.388 e. The second-order valence-electron chi connectivity index (χ2n) is 4.61. The van der Waals surface area contributed by atoms with E-state index in [0.29, 0.717) is 12.8 Å². The first-order chi connectivity index (χ1) is 8.20. The molecule has 1 aromatic rings. The van der Waals surface area contributed by atoms with Crippen molar-refractivity contribution in [2.45, 2.75) is 38.2 Å². The summed E-state index contributed by atoms with van der Waals surface area (Å²) in [5, 5.41) is 12.6. The average molecular weight is 233 g/mol. The minimum atomic E-state index is -0.529. The Balaban J connectivity index is 1.99. The topological polar surface area (TPSA) is 49.3 Å². The van der Waals surface area contributed by atoms with Crippen molar-refractivity contribution < 1.29 is 9.90 Å². The molecule has 2 N–H and O–H groups in total. The molecule has 3 nitrogen and oxygen atoms in total. The number of aliphatic hydroxyl groups is 1. The number of rotatable bonds is 4. The third-order valence-electron chi connectivity index (χ3n) is 3.43. The van der Waals surface area contributed by atoms with Gasteiger partial charge in [-0.25, -0.2) is 0 Å². The van der Waals surface area contributed by atoms with Crippen LogP contribution in [-0.2, 0) is 17.6 Å². The Morgan fingerprint density at radius 2 is 2.18 bits per heavy atom.